The standard InChI is InChI=1S/C57H110O6/c1-6-8-9-10-11-12-13-14-15-16-20-23-26-32-37-42-47-55(58)61-50-54(51-62-56(59)48-43-38-33-29-28-31-36-41-46-53(5)7-2)63-57(60)49-44-39-34-27-24-21-18-17-19-22-25-30-35-40-45-52(3)4/h52-54H,6-51H2,1-5H3/t53?,54-/m1/s1. The normalized spacial score (nSPS) is 12.5. The first-order valence-electron chi connectivity index (χ1n) is 28.3. The summed E-state index contributed by atoms with van der Waals surface area (Å²) in [6.07, 6.45) is 52.3. The maximum Gasteiger partial charge on any atom is 0.306 e. The summed E-state index contributed by atoms with van der Waals surface area (Å²) < 4.78 is 16.9. The minimum atomic E-state index is -0.763. The second-order valence-corrected chi connectivity index (χ2v) is 20.3. The molecule has 0 aromatic heterocycles. The molecule has 0 aromatic rings. The van der Waals surface area contributed by atoms with Crippen LogP contribution in [0.3, 0.4) is 0 Å². The van der Waals surface area contributed by atoms with E-state index in [0.717, 1.165) is 69.6 Å². The van der Waals surface area contributed by atoms with Crippen LogP contribution < -0.4 is 0 Å². The topological polar surface area (TPSA) is 78.9 Å². The van der Waals surface area contributed by atoms with Crippen LogP contribution in [-0.2, 0) is 28.6 Å². The van der Waals surface area contributed by atoms with Gasteiger partial charge >= 0.3 is 17.9 Å². The highest BCUT2D eigenvalue weighted by Crippen LogP contribution is 2.18. The van der Waals surface area contributed by atoms with E-state index in [1.165, 1.54) is 205 Å². The van der Waals surface area contributed by atoms with Gasteiger partial charge in [-0.1, -0.05) is 279 Å². The van der Waals surface area contributed by atoms with E-state index >= 15 is 0 Å². The highest BCUT2D eigenvalue weighted by Gasteiger charge is 2.19. The maximum absolute atomic E-state index is 12.8. The Morgan fingerprint density at radius 2 is 0.603 bits per heavy atom. The van der Waals surface area contributed by atoms with Crippen LogP contribution in [-0.4, -0.2) is 37.2 Å². The van der Waals surface area contributed by atoms with Crippen LogP contribution in [0.2, 0.25) is 0 Å². The lowest BCUT2D eigenvalue weighted by Crippen LogP contribution is -2.30. The van der Waals surface area contributed by atoms with Crippen LogP contribution in [0, 0.1) is 11.8 Å². The molecule has 1 unspecified atom stereocenters. The summed E-state index contributed by atoms with van der Waals surface area (Å²) in [5.74, 6) is 0.849. The fraction of sp³-hybridized carbons (Fsp3) is 0.947. The lowest BCUT2D eigenvalue weighted by molar-refractivity contribution is -0.167. The Kier molecular flexibility index (Phi) is 48.6. The average Bonchev–Trinajstić information content (AvgIpc) is 3.27. The van der Waals surface area contributed by atoms with Crippen LogP contribution >= 0.6 is 0 Å². The zero-order valence-corrected chi connectivity index (χ0v) is 43.2. The van der Waals surface area contributed by atoms with Gasteiger partial charge in [0.15, 0.2) is 6.10 Å². The Morgan fingerprint density at radius 1 is 0.333 bits per heavy atom. The third-order valence-electron chi connectivity index (χ3n) is 13.3. The molecule has 0 N–H and O–H groups in total. The molecule has 0 heterocycles. The monoisotopic (exact) mass is 891 g/mol. The Bertz CT molecular complexity index is 964. The quantitative estimate of drug-likeness (QED) is 0.0344. The first kappa shape index (κ1) is 61.4. The van der Waals surface area contributed by atoms with Crippen molar-refractivity contribution in [1.29, 1.82) is 0 Å². The van der Waals surface area contributed by atoms with Gasteiger partial charge in [-0.2, -0.15) is 0 Å². The van der Waals surface area contributed by atoms with Gasteiger partial charge in [0.05, 0.1) is 0 Å². The Labute approximate surface area is 393 Å². The second-order valence-electron chi connectivity index (χ2n) is 20.3. The zero-order chi connectivity index (χ0) is 46.1. The molecule has 2 atom stereocenters. The van der Waals surface area contributed by atoms with Crippen LogP contribution in [0.4, 0.5) is 0 Å². The van der Waals surface area contributed by atoms with Crippen molar-refractivity contribution in [2.75, 3.05) is 13.2 Å². The Morgan fingerprint density at radius 3 is 0.905 bits per heavy atom. The van der Waals surface area contributed by atoms with E-state index in [1.807, 2.05) is 0 Å². The third-order valence-corrected chi connectivity index (χ3v) is 13.3. The smallest absolute Gasteiger partial charge is 0.306 e. The van der Waals surface area contributed by atoms with Crippen molar-refractivity contribution in [3.63, 3.8) is 0 Å². The molecule has 6 nitrogen and oxygen atoms in total. The van der Waals surface area contributed by atoms with Crippen LogP contribution in [0.5, 0.6) is 0 Å². The second kappa shape index (κ2) is 49.8. The summed E-state index contributed by atoms with van der Waals surface area (Å²) in [6.45, 7) is 11.4. The summed E-state index contributed by atoms with van der Waals surface area (Å²) in [7, 11) is 0. The van der Waals surface area contributed by atoms with Crippen LogP contribution in [0.1, 0.15) is 317 Å². The molecule has 0 aromatic carbocycles. The number of esters is 3. The molecule has 0 aliphatic carbocycles. The van der Waals surface area contributed by atoms with Gasteiger partial charge in [0.2, 0.25) is 0 Å². The minimum Gasteiger partial charge on any atom is -0.462 e. The van der Waals surface area contributed by atoms with Gasteiger partial charge in [-0.05, 0) is 31.1 Å². The zero-order valence-electron chi connectivity index (χ0n) is 43.2. The van der Waals surface area contributed by atoms with Crippen molar-refractivity contribution in [3.8, 4) is 0 Å². The van der Waals surface area contributed by atoms with Crippen molar-refractivity contribution in [2.24, 2.45) is 11.8 Å². The van der Waals surface area contributed by atoms with E-state index < -0.39 is 6.10 Å². The molecule has 0 radical (unpaired) electrons. The molecule has 6 heteroatoms. The van der Waals surface area contributed by atoms with E-state index in [4.69, 9.17) is 14.2 Å². The average molecular weight is 892 g/mol. The van der Waals surface area contributed by atoms with Crippen molar-refractivity contribution >= 4 is 17.9 Å². The predicted molar refractivity (Wildman–Crippen MR) is 270 cm³/mol. The molecular formula is C57H110O6. The van der Waals surface area contributed by atoms with E-state index in [1.54, 1.807) is 0 Å². The molecule has 0 bridgehead atoms. The van der Waals surface area contributed by atoms with Gasteiger partial charge in [0.25, 0.3) is 0 Å². The number of carbonyl (C=O) groups is 3. The van der Waals surface area contributed by atoms with Crippen molar-refractivity contribution in [2.45, 2.75) is 323 Å². The minimum absolute atomic E-state index is 0.0631. The molecular weight excluding hydrogens is 781 g/mol. The molecule has 0 spiro atoms. The highest BCUT2D eigenvalue weighted by atomic mass is 16.6. The maximum atomic E-state index is 12.8. The highest BCUT2D eigenvalue weighted by molar-refractivity contribution is 5.71. The van der Waals surface area contributed by atoms with Crippen molar-refractivity contribution in [3.05, 3.63) is 0 Å². The van der Waals surface area contributed by atoms with E-state index in [0.29, 0.717) is 19.3 Å². The summed E-state index contributed by atoms with van der Waals surface area (Å²) in [5, 5.41) is 0. The van der Waals surface area contributed by atoms with Crippen molar-refractivity contribution < 1.29 is 28.6 Å². The predicted octanol–water partition coefficient (Wildman–Crippen LogP) is 18.5. The lowest BCUT2D eigenvalue weighted by atomic mass is 9.99. The fourth-order valence-electron chi connectivity index (χ4n) is 8.66. The summed E-state index contributed by atoms with van der Waals surface area (Å²) in [6, 6.07) is 0. The van der Waals surface area contributed by atoms with Gasteiger partial charge in [-0.3, -0.25) is 14.4 Å². The summed E-state index contributed by atoms with van der Waals surface area (Å²) in [4.78, 5) is 38.1. The number of carbonyl (C=O) groups excluding carboxylic acids is 3. The first-order valence-corrected chi connectivity index (χ1v) is 28.3. The van der Waals surface area contributed by atoms with E-state index in [-0.39, 0.29) is 31.1 Å². The largest absolute Gasteiger partial charge is 0.462 e. The number of ether oxygens (including phenoxy) is 3. The molecule has 0 aliphatic heterocycles. The fourth-order valence-corrected chi connectivity index (χ4v) is 8.66. The molecule has 63 heavy (non-hydrogen) atoms. The van der Waals surface area contributed by atoms with Gasteiger partial charge in [-0.25, -0.2) is 0 Å². The number of rotatable bonds is 51. The summed E-state index contributed by atoms with van der Waals surface area (Å²) in [5.41, 5.74) is 0. The van der Waals surface area contributed by atoms with Gasteiger partial charge in [-0.15, -0.1) is 0 Å². The van der Waals surface area contributed by atoms with Crippen LogP contribution in [0.15, 0.2) is 0 Å². The van der Waals surface area contributed by atoms with E-state index in [2.05, 4.69) is 34.6 Å². The number of hydrogen-bond acceptors (Lipinski definition) is 6. The molecule has 0 aliphatic rings. The third kappa shape index (κ3) is 49.7. The Hall–Kier alpha value is -1.59. The SMILES string of the molecule is CCCCCCCCCCCCCCCCCCC(=O)OC[C@H](COC(=O)CCCCCCCCCCC(C)CC)OC(=O)CCCCCCCCCCCCCCCCC(C)C. The Balaban J connectivity index is 4.30. The van der Waals surface area contributed by atoms with Gasteiger partial charge in [0, 0.05) is 19.3 Å². The molecule has 0 saturated heterocycles. The molecule has 0 rings (SSSR count). The number of hydrogen-bond donors (Lipinski definition) is 0. The number of unbranched alkanes of at least 4 members (excludes halogenated alkanes) is 35. The van der Waals surface area contributed by atoms with Crippen molar-refractivity contribution in [1.82, 2.24) is 0 Å². The summed E-state index contributed by atoms with van der Waals surface area (Å²) >= 11 is 0. The molecule has 0 saturated carbocycles. The van der Waals surface area contributed by atoms with E-state index in [9.17, 15) is 14.4 Å². The molecule has 374 valence electrons. The van der Waals surface area contributed by atoms with Gasteiger partial charge < -0.3 is 14.2 Å². The van der Waals surface area contributed by atoms with Crippen LogP contribution in [0.25, 0.3) is 0 Å². The molecule has 0 fully saturated rings. The van der Waals surface area contributed by atoms with Gasteiger partial charge in [0.1, 0.15) is 13.2 Å². The first-order chi connectivity index (χ1) is 30.8. The molecule has 0 amide bonds. The lowest BCUT2D eigenvalue weighted by Gasteiger charge is -2.18.